The molecule has 4 aromatic rings. The highest BCUT2D eigenvalue weighted by molar-refractivity contribution is 6.01. The number of likely N-dealkylation sites (N-methyl/N-ethyl adjacent to an activating group) is 1. The summed E-state index contributed by atoms with van der Waals surface area (Å²) in [6.07, 6.45) is 3.26. The molecule has 0 aliphatic heterocycles. The lowest BCUT2D eigenvalue weighted by Gasteiger charge is -2.17. The number of benzene rings is 2. The summed E-state index contributed by atoms with van der Waals surface area (Å²) in [5, 5.41) is 7.47. The van der Waals surface area contributed by atoms with Gasteiger partial charge in [-0.05, 0) is 29.8 Å². The topological polar surface area (TPSA) is 89.6 Å². The van der Waals surface area contributed by atoms with Gasteiger partial charge < -0.3 is 19.4 Å². The number of furan rings is 1. The lowest BCUT2D eigenvalue weighted by Crippen LogP contribution is -2.38. The van der Waals surface area contributed by atoms with Gasteiger partial charge in [-0.15, -0.1) is 0 Å². The SMILES string of the molecule is COc1ccccc1-c1nn(Cc2ccccc2)cc1C(=O)N(C)CC(=O)NCc1ccco1. The fraction of sp³-hybridized carbons (Fsp3) is 0.192. The molecule has 0 unspecified atom stereocenters. The lowest BCUT2D eigenvalue weighted by molar-refractivity contribution is -0.121. The standard InChI is InChI=1S/C26H26N4O4/c1-29(18-24(31)27-15-20-11-8-14-34-20)26(32)22-17-30(16-19-9-4-3-5-10-19)28-25(22)21-12-6-7-13-23(21)33-2/h3-14,17H,15-16,18H2,1-2H3,(H,27,31). The van der Waals surface area contributed by atoms with Crippen molar-refractivity contribution in [3.63, 3.8) is 0 Å². The lowest BCUT2D eigenvalue weighted by atomic mass is 10.1. The second-order valence-corrected chi connectivity index (χ2v) is 7.79. The molecule has 1 N–H and O–H groups in total. The quantitative estimate of drug-likeness (QED) is 0.414. The van der Waals surface area contributed by atoms with Gasteiger partial charge in [0.2, 0.25) is 5.91 Å². The van der Waals surface area contributed by atoms with Crippen molar-refractivity contribution in [2.24, 2.45) is 0 Å². The Morgan fingerprint density at radius 3 is 2.56 bits per heavy atom. The first-order valence-electron chi connectivity index (χ1n) is 10.8. The van der Waals surface area contributed by atoms with Crippen LogP contribution in [-0.4, -0.2) is 47.2 Å². The van der Waals surface area contributed by atoms with Gasteiger partial charge in [0.05, 0.1) is 38.6 Å². The molecule has 8 nitrogen and oxygen atoms in total. The van der Waals surface area contributed by atoms with E-state index in [9.17, 15) is 9.59 Å². The number of methoxy groups -OCH3 is 1. The number of ether oxygens (including phenoxy) is 1. The van der Waals surface area contributed by atoms with E-state index in [1.54, 1.807) is 43.4 Å². The molecule has 174 valence electrons. The number of rotatable bonds is 9. The number of amides is 2. The van der Waals surface area contributed by atoms with Gasteiger partial charge in [-0.2, -0.15) is 5.10 Å². The summed E-state index contributed by atoms with van der Waals surface area (Å²) >= 11 is 0. The molecule has 8 heteroatoms. The van der Waals surface area contributed by atoms with Gasteiger partial charge >= 0.3 is 0 Å². The Kier molecular flexibility index (Phi) is 7.07. The molecular formula is C26H26N4O4. The van der Waals surface area contributed by atoms with E-state index >= 15 is 0 Å². The average molecular weight is 459 g/mol. The highest BCUT2D eigenvalue weighted by Crippen LogP contribution is 2.31. The Labute approximate surface area is 197 Å². The van der Waals surface area contributed by atoms with E-state index < -0.39 is 0 Å². The van der Waals surface area contributed by atoms with Gasteiger partial charge in [-0.25, -0.2) is 0 Å². The third-order valence-electron chi connectivity index (χ3n) is 5.31. The van der Waals surface area contributed by atoms with Crippen molar-refractivity contribution in [2.75, 3.05) is 20.7 Å². The number of aromatic nitrogens is 2. The Balaban J connectivity index is 1.58. The van der Waals surface area contributed by atoms with Gasteiger partial charge in [-0.1, -0.05) is 42.5 Å². The zero-order chi connectivity index (χ0) is 23.9. The summed E-state index contributed by atoms with van der Waals surface area (Å²) in [7, 11) is 3.17. The molecule has 2 heterocycles. The largest absolute Gasteiger partial charge is 0.496 e. The van der Waals surface area contributed by atoms with Crippen molar-refractivity contribution < 1.29 is 18.7 Å². The third-order valence-corrected chi connectivity index (χ3v) is 5.31. The van der Waals surface area contributed by atoms with Gasteiger partial charge in [0.1, 0.15) is 17.2 Å². The molecule has 0 aliphatic carbocycles. The molecule has 34 heavy (non-hydrogen) atoms. The summed E-state index contributed by atoms with van der Waals surface area (Å²) < 4.78 is 12.5. The van der Waals surface area contributed by atoms with Gasteiger partial charge in [-0.3, -0.25) is 14.3 Å². The van der Waals surface area contributed by atoms with Crippen molar-refractivity contribution >= 4 is 11.8 Å². The zero-order valence-electron chi connectivity index (χ0n) is 19.1. The first kappa shape index (κ1) is 22.8. The van der Waals surface area contributed by atoms with Crippen LogP contribution in [0.4, 0.5) is 0 Å². The fourth-order valence-corrected chi connectivity index (χ4v) is 3.62. The molecular weight excluding hydrogens is 432 g/mol. The smallest absolute Gasteiger partial charge is 0.257 e. The Hall–Kier alpha value is -4.33. The van der Waals surface area contributed by atoms with Crippen LogP contribution >= 0.6 is 0 Å². The van der Waals surface area contributed by atoms with Crippen LogP contribution in [0.2, 0.25) is 0 Å². The molecule has 2 aromatic heterocycles. The number of hydrogen-bond acceptors (Lipinski definition) is 5. The maximum absolute atomic E-state index is 13.4. The van der Waals surface area contributed by atoms with Crippen LogP contribution in [-0.2, 0) is 17.9 Å². The van der Waals surface area contributed by atoms with Gasteiger partial charge in [0.25, 0.3) is 5.91 Å². The predicted octanol–water partition coefficient (Wildman–Crippen LogP) is 3.59. The van der Waals surface area contributed by atoms with Crippen LogP contribution in [0.5, 0.6) is 5.75 Å². The molecule has 0 radical (unpaired) electrons. The summed E-state index contributed by atoms with van der Waals surface area (Å²) in [6, 6.07) is 20.8. The molecule has 0 aliphatic rings. The molecule has 2 amide bonds. The second-order valence-electron chi connectivity index (χ2n) is 7.79. The molecule has 0 bridgehead atoms. The first-order chi connectivity index (χ1) is 16.5. The highest BCUT2D eigenvalue weighted by atomic mass is 16.5. The Morgan fingerprint density at radius 1 is 1.06 bits per heavy atom. The van der Waals surface area contributed by atoms with Gasteiger partial charge in [0.15, 0.2) is 0 Å². The first-order valence-corrected chi connectivity index (χ1v) is 10.8. The van der Waals surface area contributed by atoms with Crippen molar-refractivity contribution in [3.8, 4) is 17.0 Å². The molecule has 0 fully saturated rings. The number of hydrogen-bond donors (Lipinski definition) is 1. The fourth-order valence-electron chi connectivity index (χ4n) is 3.62. The number of carbonyl (C=O) groups is 2. The van der Waals surface area contributed by atoms with Crippen molar-refractivity contribution in [3.05, 3.63) is 96.1 Å². The zero-order valence-corrected chi connectivity index (χ0v) is 19.1. The van der Waals surface area contributed by atoms with E-state index in [2.05, 4.69) is 5.32 Å². The molecule has 0 spiro atoms. The molecule has 2 aromatic carbocycles. The summed E-state index contributed by atoms with van der Waals surface area (Å²) in [4.78, 5) is 27.2. The van der Waals surface area contributed by atoms with Crippen molar-refractivity contribution in [2.45, 2.75) is 13.1 Å². The van der Waals surface area contributed by atoms with Crippen LogP contribution in [0.15, 0.2) is 83.6 Å². The minimum absolute atomic E-state index is 0.102. The van der Waals surface area contributed by atoms with E-state index in [1.807, 2.05) is 54.6 Å². The van der Waals surface area contributed by atoms with Crippen LogP contribution in [0.25, 0.3) is 11.3 Å². The second kappa shape index (κ2) is 10.5. The monoisotopic (exact) mass is 458 g/mol. The van der Waals surface area contributed by atoms with Crippen LogP contribution in [0.3, 0.4) is 0 Å². The summed E-state index contributed by atoms with van der Waals surface area (Å²) in [5.41, 5.74) is 2.65. The maximum atomic E-state index is 13.4. The number of carbonyl (C=O) groups excluding carboxylic acids is 2. The van der Waals surface area contributed by atoms with E-state index in [4.69, 9.17) is 14.3 Å². The van der Waals surface area contributed by atoms with E-state index in [1.165, 1.54) is 4.90 Å². The van der Waals surface area contributed by atoms with Crippen molar-refractivity contribution in [1.82, 2.24) is 20.0 Å². The minimum atomic E-state index is -0.312. The van der Waals surface area contributed by atoms with E-state index in [-0.39, 0.29) is 24.9 Å². The predicted molar refractivity (Wildman–Crippen MR) is 127 cm³/mol. The van der Waals surface area contributed by atoms with Crippen LogP contribution in [0, 0.1) is 0 Å². The van der Waals surface area contributed by atoms with Gasteiger partial charge in [0, 0.05) is 18.8 Å². The third kappa shape index (κ3) is 5.35. The number of nitrogens with one attached hydrogen (secondary N) is 1. The van der Waals surface area contributed by atoms with Crippen LogP contribution < -0.4 is 10.1 Å². The average Bonchev–Trinajstić information content (AvgIpc) is 3.53. The maximum Gasteiger partial charge on any atom is 0.257 e. The Morgan fingerprint density at radius 2 is 1.82 bits per heavy atom. The summed E-state index contributed by atoms with van der Waals surface area (Å²) in [5.74, 6) is 0.652. The molecule has 0 saturated heterocycles. The number of para-hydroxylation sites is 1. The minimum Gasteiger partial charge on any atom is -0.496 e. The normalized spacial score (nSPS) is 10.6. The van der Waals surface area contributed by atoms with Crippen LogP contribution in [0.1, 0.15) is 21.7 Å². The number of nitrogens with zero attached hydrogens (tertiary/aromatic N) is 3. The molecule has 4 rings (SSSR count). The molecule has 0 atom stereocenters. The Bertz CT molecular complexity index is 1250. The highest BCUT2D eigenvalue weighted by Gasteiger charge is 2.24. The molecule has 0 saturated carbocycles. The van der Waals surface area contributed by atoms with Crippen molar-refractivity contribution in [1.29, 1.82) is 0 Å². The summed E-state index contributed by atoms with van der Waals surface area (Å²) in [6.45, 7) is 0.660. The van der Waals surface area contributed by atoms with E-state index in [0.29, 0.717) is 34.9 Å². The van der Waals surface area contributed by atoms with E-state index in [0.717, 1.165) is 5.56 Å².